The summed E-state index contributed by atoms with van der Waals surface area (Å²) in [6.45, 7) is 5.71. The maximum absolute atomic E-state index is 13.0. The zero-order chi connectivity index (χ0) is 23.7. The van der Waals surface area contributed by atoms with Crippen molar-refractivity contribution in [3.8, 4) is 0 Å². The number of amides is 2. The van der Waals surface area contributed by atoms with Crippen molar-refractivity contribution in [1.82, 2.24) is 10.6 Å². The van der Waals surface area contributed by atoms with Crippen molar-refractivity contribution in [3.63, 3.8) is 0 Å². The summed E-state index contributed by atoms with van der Waals surface area (Å²) in [7, 11) is 0. The Morgan fingerprint density at radius 3 is 1.22 bits per heavy atom. The minimum atomic E-state index is -1.66. The molecule has 0 bridgehead atoms. The molecular formula is C24H28N2O6. The fourth-order valence-electron chi connectivity index (χ4n) is 3.10. The van der Waals surface area contributed by atoms with E-state index < -0.39 is 48.0 Å². The third kappa shape index (κ3) is 7.23. The SMILES string of the molecule is CC(=O)O[C@H](C(=O)N[C@@H](C)c1ccccc1)[C@H](OC(C)=O)C(=O)N[C@@H](C)c1ccccc1. The van der Waals surface area contributed by atoms with Gasteiger partial charge in [0, 0.05) is 13.8 Å². The summed E-state index contributed by atoms with van der Waals surface area (Å²) >= 11 is 0. The lowest BCUT2D eigenvalue weighted by atomic mass is 10.1. The molecule has 4 atom stereocenters. The molecule has 8 nitrogen and oxygen atoms in total. The van der Waals surface area contributed by atoms with E-state index in [1.807, 2.05) is 60.7 Å². The molecule has 2 aromatic rings. The number of carbonyl (C=O) groups is 4. The van der Waals surface area contributed by atoms with Crippen LogP contribution in [0.25, 0.3) is 0 Å². The standard InChI is InChI=1S/C24H28N2O6/c1-15(19-11-7-5-8-12-19)25-23(29)21(31-17(3)27)22(32-18(4)28)24(30)26-16(2)20-13-9-6-10-14-20/h5-16,21-22H,1-4H3,(H,25,29)(H,26,30)/t15-,16-,21-,22-/m0/s1. The molecule has 0 unspecified atom stereocenters. The van der Waals surface area contributed by atoms with Crippen molar-refractivity contribution in [3.05, 3.63) is 71.8 Å². The predicted molar refractivity (Wildman–Crippen MR) is 117 cm³/mol. The summed E-state index contributed by atoms with van der Waals surface area (Å²) in [6, 6.07) is 17.4. The summed E-state index contributed by atoms with van der Waals surface area (Å²) in [4.78, 5) is 49.4. The van der Waals surface area contributed by atoms with Crippen LogP contribution in [0.5, 0.6) is 0 Å². The number of benzene rings is 2. The molecule has 0 heterocycles. The molecule has 170 valence electrons. The summed E-state index contributed by atoms with van der Waals surface area (Å²) in [5.74, 6) is -3.10. The monoisotopic (exact) mass is 440 g/mol. The fraction of sp³-hybridized carbons (Fsp3) is 0.333. The van der Waals surface area contributed by atoms with Gasteiger partial charge in [-0.1, -0.05) is 60.7 Å². The van der Waals surface area contributed by atoms with Crippen LogP contribution >= 0.6 is 0 Å². The highest BCUT2D eigenvalue weighted by atomic mass is 16.6. The van der Waals surface area contributed by atoms with Crippen LogP contribution in [0.4, 0.5) is 0 Å². The van der Waals surface area contributed by atoms with Crippen molar-refractivity contribution in [2.45, 2.75) is 52.0 Å². The lowest BCUT2D eigenvalue weighted by Crippen LogP contribution is -2.53. The van der Waals surface area contributed by atoms with Crippen molar-refractivity contribution < 1.29 is 28.7 Å². The third-order valence-electron chi connectivity index (χ3n) is 4.69. The number of hydrogen-bond donors (Lipinski definition) is 2. The molecular weight excluding hydrogens is 412 g/mol. The van der Waals surface area contributed by atoms with Gasteiger partial charge in [0.15, 0.2) is 0 Å². The highest BCUT2D eigenvalue weighted by Gasteiger charge is 2.40. The zero-order valence-corrected chi connectivity index (χ0v) is 18.5. The smallest absolute Gasteiger partial charge is 0.303 e. The minimum absolute atomic E-state index is 0.439. The van der Waals surface area contributed by atoms with E-state index in [1.165, 1.54) is 0 Å². The average Bonchev–Trinajstić information content (AvgIpc) is 2.76. The maximum Gasteiger partial charge on any atom is 0.303 e. The van der Waals surface area contributed by atoms with Gasteiger partial charge in [0.1, 0.15) is 0 Å². The summed E-state index contributed by atoms with van der Waals surface area (Å²) in [5.41, 5.74) is 1.63. The van der Waals surface area contributed by atoms with E-state index in [0.717, 1.165) is 25.0 Å². The van der Waals surface area contributed by atoms with E-state index in [-0.39, 0.29) is 0 Å². The van der Waals surface area contributed by atoms with E-state index in [0.29, 0.717) is 0 Å². The van der Waals surface area contributed by atoms with Gasteiger partial charge >= 0.3 is 11.9 Å². The average molecular weight is 440 g/mol. The molecule has 0 spiro atoms. The van der Waals surface area contributed by atoms with Gasteiger partial charge < -0.3 is 20.1 Å². The highest BCUT2D eigenvalue weighted by Crippen LogP contribution is 2.16. The van der Waals surface area contributed by atoms with E-state index >= 15 is 0 Å². The van der Waals surface area contributed by atoms with Gasteiger partial charge in [-0.2, -0.15) is 0 Å². The highest BCUT2D eigenvalue weighted by molar-refractivity contribution is 5.93. The Hall–Kier alpha value is -3.68. The number of nitrogens with one attached hydrogen (secondary N) is 2. The fourth-order valence-corrected chi connectivity index (χ4v) is 3.10. The van der Waals surface area contributed by atoms with Gasteiger partial charge in [0.05, 0.1) is 12.1 Å². The van der Waals surface area contributed by atoms with Gasteiger partial charge in [0.25, 0.3) is 11.8 Å². The van der Waals surface area contributed by atoms with Crippen LogP contribution in [0.3, 0.4) is 0 Å². The van der Waals surface area contributed by atoms with Gasteiger partial charge in [-0.25, -0.2) is 0 Å². The Kier molecular flexibility index (Phi) is 8.95. The van der Waals surface area contributed by atoms with Crippen LogP contribution in [0, 0.1) is 0 Å². The second kappa shape index (κ2) is 11.6. The molecule has 0 aromatic heterocycles. The lowest BCUT2D eigenvalue weighted by molar-refractivity contribution is -0.175. The Balaban J connectivity index is 2.24. The van der Waals surface area contributed by atoms with Crippen LogP contribution in [-0.4, -0.2) is 36.0 Å². The van der Waals surface area contributed by atoms with Crippen molar-refractivity contribution in [2.24, 2.45) is 0 Å². The first-order valence-corrected chi connectivity index (χ1v) is 10.2. The summed E-state index contributed by atoms with van der Waals surface area (Å²) < 4.78 is 10.3. The van der Waals surface area contributed by atoms with Crippen LogP contribution in [0.1, 0.15) is 50.9 Å². The molecule has 0 aliphatic carbocycles. The molecule has 0 saturated heterocycles. The molecule has 2 aromatic carbocycles. The molecule has 8 heteroatoms. The first kappa shape index (κ1) is 24.6. The Labute approximate surface area is 187 Å². The van der Waals surface area contributed by atoms with E-state index in [9.17, 15) is 19.2 Å². The maximum atomic E-state index is 13.0. The van der Waals surface area contributed by atoms with Crippen LogP contribution < -0.4 is 10.6 Å². The second-order valence-electron chi connectivity index (χ2n) is 7.34. The van der Waals surface area contributed by atoms with Crippen LogP contribution in [0.15, 0.2) is 60.7 Å². The van der Waals surface area contributed by atoms with Gasteiger partial charge in [-0.15, -0.1) is 0 Å². The Morgan fingerprint density at radius 1 is 0.625 bits per heavy atom. The Morgan fingerprint density at radius 2 is 0.938 bits per heavy atom. The Bertz CT molecular complexity index is 855. The molecule has 0 aliphatic heterocycles. The molecule has 2 rings (SSSR count). The zero-order valence-electron chi connectivity index (χ0n) is 18.5. The molecule has 0 saturated carbocycles. The largest absolute Gasteiger partial charge is 0.448 e. The first-order chi connectivity index (χ1) is 15.2. The molecule has 0 aliphatic rings. The van der Waals surface area contributed by atoms with Crippen LogP contribution in [0.2, 0.25) is 0 Å². The number of ether oxygens (including phenoxy) is 2. The van der Waals surface area contributed by atoms with Crippen molar-refractivity contribution >= 4 is 23.8 Å². The summed E-state index contributed by atoms with van der Waals surface area (Å²) in [5, 5.41) is 5.42. The molecule has 2 N–H and O–H groups in total. The normalized spacial score (nSPS) is 14.2. The van der Waals surface area contributed by atoms with E-state index in [2.05, 4.69) is 10.6 Å². The van der Waals surface area contributed by atoms with E-state index in [4.69, 9.17) is 9.47 Å². The first-order valence-electron chi connectivity index (χ1n) is 10.2. The molecule has 2 amide bonds. The van der Waals surface area contributed by atoms with Crippen molar-refractivity contribution in [1.29, 1.82) is 0 Å². The predicted octanol–water partition coefficient (Wildman–Crippen LogP) is 2.60. The lowest BCUT2D eigenvalue weighted by Gasteiger charge is -2.27. The molecule has 32 heavy (non-hydrogen) atoms. The summed E-state index contributed by atoms with van der Waals surface area (Å²) in [6.07, 6.45) is -3.32. The second-order valence-corrected chi connectivity index (χ2v) is 7.34. The van der Waals surface area contributed by atoms with Gasteiger partial charge in [-0.3, -0.25) is 19.2 Å². The number of hydrogen-bond acceptors (Lipinski definition) is 6. The van der Waals surface area contributed by atoms with Crippen LogP contribution in [-0.2, 0) is 28.7 Å². The minimum Gasteiger partial charge on any atom is -0.448 e. The number of esters is 2. The topological polar surface area (TPSA) is 111 Å². The number of carbonyl (C=O) groups excluding carboxylic acids is 4. The third-order valence-corrected chi connectivity index (χ3v) is 4.69. The molecule has 0 radical (unpaired) electrons. The van der Waals surface area contributed by atoms with Gasteiger partial charge in [0.2, 0.25) is 12.2 Å². The van der Waals surface area contributed by atoms with E-state index in [1.54, 1.807) is 13.8 Å². The van der Waals surface area contributed by atoms with Crippen molar-refractivity contribution in [2.75, 3.05) is 0 Å². The number of rotatable bonds is 9. The quantitative estimate of drug-likeness (QED) is 0.580. The molecule has 0 fully saturated rings. The van der Waals surface area contributed by atoms with Gasteiger partial charge in [-0.05, 0) is 25.0 Å².